The number of carbonyl (C=O) groups excluding carboxylic acids is 2. The molecule has 1 amide bonds. The summed E-state index contributed by atoms with van der Waals surface area (Å²) in [7, 11) is 1.33. The molecule has 6 heteroatoms. The summed E-state index contributed by atoms with van der Waals surface area (Å²) in [6, 6.07) is 21.2. The highest BCUT2D eigenvalue weighted by Gasteiger charge is 2.15. The van der Waals surface area contributed by atoms with E-state index in [1.54, 1.807) is 54.6 Å². The molecule has 0 aliphatic rings. The zero-order valence-corrected chi connectivity index (χ0v) is 16.1. The molecular weight excluding hydrogens is 380 g/mol. The van der Waals surface area contributed by atoms with Crippen molar-refractivity contribution in [2.75, 3.05) is 12.4 Å². The maximum atomic E-state index is 12.9. The molecule has 0 spiro atoms. The Labute approximate surface area is 172 Å². The molecule has 3 aromatic carbocycles. The van der Waals surface area contributed by atoms with Crippen molar-refractivity contribution in [3.05, 3.63) is 100 Å². The van der Waals surface area contributed by atoms with E-state index in [9.17, 15) is 14.4 Å². The molecule has 4 aromatic rings. The van der Waals surface area contributed by atoms with E-state index in [0.29, 0.717) is 22.2 Å². The molecule has 0 aliphatic heterocycles. The number of para-hydroxylation sites is 2. The number of methoxy groups -OCH3 is 1. The quantitative estimate of drug-likeness (QED) is 0.504. The highest BCUT2D eigenvalue weighted by molar-refractivity contribution is 6.07. The van der Waals surface area contributed by atoms with Crippen LogP contribution in [-0.4, -0.2) is 24.0 Å². The third-order valence-corrected chi connectivity index (χ3v) is 4.83. The molecule has 0 atom stereocenters. The van der Waals surface area contributed by atoms with Crippen LogP contribution in [0.5, 0.6) is 0 Å². The van der Waals surface area contributed by atoms with Crippen LogP contribution in [0.3, 0.4) is 0 Å². The van der Waals surface area contributed by atoms with Gasteiger partial charge in [-0.1, -0.05) is 42.5 Å². The minimum atomic E-state index is -0.499. The summed E-state index contributed by atoms with van der Waals surface area (Å²) < 4.78 is 4.72. The fourth-order valence-electron chi connectivity index (χ4n) is 3.27. The molecule has 148 valence electrons. The number of pyridine rings is 1. The SMILES string of the molecule is COC(=O)c1ccc(-c2ccccc2NC(=O)c2c[nH]c3ccccc3c2=O)cc1. The first kappa shape index (κ1) is 19.1. The average Bonchev–Trinajstić information content (AvgIpc) is 2.79. The minimum absolute atomic E-state index is 0.0320. The predicted molar refractivity (Wildman–Crippen MR) is 116 cm³/mol. The van der Waals surface area contributed by atoms with Gasteiger partial charge in [-0.05, 0) is 35.9 Å². The molecule has 0 fully saturated rings. The van der Waals surface area contributed by atoms with Crippen molar-refractivity contribution >= 4 is 28.5 Å². The lowest BCUT2D eigenvalue weighted by Crippen LogP contribution is -2.22. The van der Waals surface area contributed by atoms with Gasteiger partial charge in [-0.3, -0.25) is 9.59 Å². The molecular formula is C24H18N2O4. The maximum absolute atomic E-state index is 12.9. The van der Waals surface area contributed by atoms with Gasteiger partial charge in [0.25, 0.3) is 5.91 Å². The van der Waals surface area contributed by atoms with Crippen molar-refractivity contribution in [2.45, 2.75) is 0 Å². The van der Waals surface area contributed by atoms with E-state index in [-0.39, 0.29) is 11.0 Å². The van der Waals surface area contributed by atoms with Crippen LogP contribution in [0.1, 0.15) is 20.7 Å². The first-order chi connectivity index (χ1) is 14.6. The van der Waals surface area contributed by atoms with E-state index in [0.717, 1.165) is 11.1 Å². The van der Waals surface area contributed by atoms with Gasteiger partial charge in [0.1, 0.15) is 5.56 Å². The number of esters is 1. The van der Waals surface area contributed by atoms with Crippen molar-refractivity contribution in [2.24, 2.45) is 0 Å². The Bertz CT molecular complexity index is 1310. The summed E-state index contributed by atoms with van der Waals surface area (Å²) in [6.07, 6.45) is 1.42. The molecule has 2 N–H and O–H groups in total. The number of nitrogens with one attached hydrogen (secondary N) is 2. The number of hydrogen-bond donors (Lipinski definition) is 2. The Morgan fingerprint density at radius 2 is 1.60 bits per heavy atom. The first-order valence-electron chi connectivity index (χ1n) is 9.28. The van der Waals surface area contributed by atoms with Crippen molar-refractivity contribution in [3.63, 3.8) is 0 Å². The number of fused-ring (bicyclic) bond motifs is 1. The van der Waals surface area contributed by atoms with Crippen molar-refractivity contribution in [3.8, 4) is 11.1 Å². The standard InChI is InChI=1S/C24H18N2O4/c1-30-24(29)16-12-10-15(11-13-16)17-6-2-5-9-21(17)26-23(28)19-14-25-20-8-4-3-7-18(20)22(19)27/h2-14H,1H3,(H,25,27)(H,26,28). The van der Waals surface area contributed by atoms with Gasteiger partial charge in [-0.15, -0.1) is 0 Å². The minimum Gasteiger partial charge on any atom is -0.465 e. The summed E-state index contributed by atoms with van der Waals surface area (Å²) in [5, 5.41) is 3.28. The molecule has 0 bridgehead atoms. The zero-order chi connectivity index (χ0) is 21.1. The Balaban J connectivity index is 1.67. The lowest BCUT2D eigenvalue weighted by Gasteiger charge is -2.12. The van der Waals surface area contributed by atoms with Gasteiger partial charge in [0.05, 0.1) is 12.7 Å². The number of H-pyrrole nitrogens is 1. The second-order valence-corrected chi connectivity index (χ2v) is 6.65. The van der Waals surface area contributed by atoms with Gasteiger partial charge in [0.2, 0.25) is 5.43 Å². The Morgan fingerprint density at radius 1 is 0.900 bits per heavy atom. The molecule has 0 saturated heterocycles. The first-order valence-corrected chi connectivity index (χ1v) is 9.28. The number of benzene rings is 3. The number of anilines is 1. The Hall–Kier alpha value is -4.19. The molecule has 1 heterocycles. The van der Waals surface area contributed by atoms with Crippen LogP contribution in [0.25, 0.3) is 22.0 Å². The highest BCUT2D eigenvalue weighted by atomic mass is 16.5. The van der Waals surface area contributed by atoms with E-state index in [1.807, 2.05) is 18.2 Å². The fraction of sp³-hybridized carbons (Fsp3) is 0.0417. The second-order valence-electron chi connectivity index (χ2n) is 6.65. The average molecular weight is 398 g/mol. The number of aromatic amines is 1. The van der Waals surface area contributed by atoms with Gasteiger partial charge in [-0.25, -0.2) is 4.79 Å². The number of hydrogen-bond acceptors (Lipinski definition) is 4. The predicted octanol–water partition coefficient (Wildman–Crippen LogP) is 4.23. The van der Waals surface area contributed by atoms with Crippen LogP contribution in [0.2, 0.25) is 0 Å². The van der Waals surface area contributed by atoms with Gasteiger partial charge in [0.15, 0.2) is 0 Å². The summed E-state index contributed by atoms with van der Waals surface area (Å²) in [6.45, 7) is 0. The topological polar surface area (TPSA) is 88.3 Å². The molecule has 0 radical (unpaired) electrons. The van der Waals surface area contributed by atoms with Crippen molar-refractivity contribution in [1.82, 2.24) is 4.98 Å². The molecule has 1 aromatic heterocycles. The van der Waals surface area contributed by atoms with Crippen LogP contribution in [0.15, 0.2) is 83.8 Å². The summed E-state index contributed by atoms with van der Waals surface area (Å²) >= 11 is 0. The maximum Gasteiger partial charge on any atom is 0.337 e. The van der Waals surface area contributed by atoms with E-state index in [1.165, 1.54) is 13.3 Å². The van der Waals surface area contributed by atoms with Gasteiger partial charge >= 0.3 is 5.97 Å². The van der Waals surface area contributed by atoms with Gasteiger partial charge in [-0.2, -0.15) is 0 Å². The molecule has 0 aliphatic carbocycles. The van der Waals surface area contributed by atoms with Crippen molar-refractivity contribution in [1.29, 1.82) is 0 Å². The second kappa shape index (κ2) is 8.05. The van der Waals surface area contributed by atoms with Gasteiger partial charge in [0, 0.05) is 28.4 Å². The van der Waals surface area contributed by atoms with Crippen LogP contribution in [0.4, 0.5) is 5.69 Å². The Kier molecular flexibility index (Phi) is 5.13. The number of rotatable bonds is 4. The van der Waals surface area contributed by atoms with Crippen LogP contribution in [0, 0.1) is 0 Å². The highest BCUT2D eigenvalue weighted by Crippen LogP contribution is 2.28. The number of amides is 1. The van der Waals surface area contributed by atoms with Crippen LogP contribution < -0.4 is 10.7 Å². The number of ether oxygens (including phenoxy) is 1. The lowest BCUT2D eigenvalue weighted by molar-refractivity contribution is 0.0600. The number of carbonyl (C=O) groups is 2. The van der Waals surface area contributed by atoms with Gasteiger partial charge < -0.3 is 15.0 Å². The van der Waals surface area contributed by atoms with Crippen LogP contribution in [-0.2, 0) is 4.74 Å². The van der Waals surface area contributed by atoms with E-state index in [4.69, 9.17) is 4.74 Å². The van der Waals surface area contributed by atoms with Crippen molar-refractivity contribution < 1.29 is 14.3 Å². The monoisotopic (exact) mass is 398 g/mol. The zero-order valence-electron chi connectivity index (χ0n) is 16.1. The fourth-order valence-corrected chi connectivity index (χ4v) is 3.27. The molecule has 4 rings (SSSR count). The van der Waals surface area contributed by atoms with Crippen LogP contribution >= 0.6 is 0 Å². The summed E-state index contributed by atoms with van der Waals surface area (Å²) in [4.78, 5) is 40.2. The molecule has 0 unspecified atom stereocenters. The third kappa shape index (κ3) is 3.58. The largest absolute Gasteiger partial charge is 0.465 e. The van der Waals surface area contributed by atoms with E-state index >= 15 is 0 Å². The third-order valence-electron chi connectivity index (χ3n) is 4.83. The molecule has 6 nitrogen and oxygen atoms in total. The smallest absolute Gasteiger partial charge is 0.337 e. The normalized spacial score (nSPS) is 10.6. The lowest BCUT2D eigenvalue weighted by atomic mass is 10.0. The van der Waals surface area contributed by atoms with E-state index < -0.39 is 11.9 Å². The summed E-state index contributed by atoms with van der Waals surface area (Å²) in [5.41, 5.74) is 2.94. The molecule has 30 heavy (non-hydrogen) atoms. The number of aromatic nitrogens is 1. The molecule has 0 saturated carbocycles. The van der Waals surface area contributed by atoms with E-state index in [2.05, 4.69) is 10.3 Å². The Morgan fingerprint density at radius 3 is 2.37 bits per heavy atom. The summed E-state index contributed by atoms with van der Waals surface area (Å²) in [5.74, 6) is -0.917.